The number of nitrogens with one attached hydrogen (secondary N) is 1. The number of thiocarbonyl (C=S) groups is 1. The summed E-state index contributed by atoms with van der Waals surface area (Å²) in [5, 5.41) is 6.95. The maximum absolute atomic E-state index is 12.0. The molecule has 3 N–H and O–H groups in total. The van der Waals surface area contributed by atoms with Crippen molar-refractivity contribution < 1.29 is 8.42 Å². The molecule has 0 atom stereocenters. The molecule has 7 nitrogen and oxygen atoms in total. The zero-order valence-electron chi connectivity index (χ0n) is 9.48. The van der Waals surface area contributed by atoms with Gasteiger partial charge in [-0.3, -0.25) is 4.72 Å². The number of anilines is 1. The number of sulfonamides is 1. The molecule has 1 heterocycles. The van der Waals surface area contributed by atoms with E-state index in [2.05, 4.69) is 19.5 Å². The Bertz CT molecular complexity index is 666. The fraction of sp³-hybridized carbons (Fsp3) is 0.111. The van der Waals surface area contributed by atoms with Crippen LogP contribution in [0.15, 0.2) is 29.2 Å². The van der Waals surface area contributed by atoms with Gasteiger partial charge in [-0.15, -0.1) is 0 Å². The summed E-state index contributed by atoms with van der Waals surface area (Å²) in [6.07, 6.45) is 0.434. The summed E-state index contributed by atoms with van der Waals surface area (Å²) in [6.45, 7) is 0. The summed E-state index contributed by atoms with van der Waals surface area (Å²) in [7, 11) is -3.67. The van der Waals surface area contributed by atoms with E-state index in [1.54, 1.807) is 12.1 Å². The van der Waals surface area contributed by atoms with Crippen LogP contribution >= 0.6 is 23.8 Å². The molecule has 0 saturated carbocycles. The lowest BCUT2D eigenvalue weighted by Gasteiger charge is -2.05. The van der Waals surface area contributed by atoms with Gasteiger partial charge in [0, 0.05) is 18.0 Å². The van der Waals surface area contributed by atoms with Gasteiger partial charge in [-0.05, 0) is 22.9 Å². The Morgan fingerprint density at radius 2 is 2.05 bits per heavy atom. The molecule has 1 aromatic heterocycles. The third-order valence-corrected chi connectivity index (χ3v) is 4.27. The van der Waals surface area contributed by atoms with E-state index in [1.807, 2.05) is 0 Å². The normalized spacial score (nSPS) is 11.2. The fourth-order valence-electron chi connectivity index (χ4n) is 1.33. The van der Waals surface area contributed by atoms with Crippen molar-refractivity contribution in [1.82, 2.24) is 14.8 Å². The number of hydrogen-bond acceptors (Lipinski definition) is 7. The summed E-state index contributed by atoms with van der Waals surface area (Å²) < 4.78 is 29.7. The van der Waals surface area contributed by atoms with Crippen LogP contribution in [-0.2, 0) is 16.4 Å². The van der Waals surface area contributed by atoms with Crippen molar-refractivity contribution in [2.45, 2.75) is 11.3 Å². The molecule has 19 heavy (non-hydrogen) atoms. The Morgan fingerprint density at radius 3 is 2.58 bits per heavy atom. The van der Waals surface area contributed by atoms with Crippen LogP contribution in [0.2, 0.25) is 0 Å². The first kappa shape index (κ1) is 13.8. The molecule has 2 aromatic rings. The number of aromatic nitrogens is 3. The van der Waals surface area contributed by atoms with E-state index in [0.29, 0.717) is 11.4 Å². The molecule has 0 aliphatic heterocycles. The van der Waals surface area contributed by atoms with Crippen LogP contribution in [0.5, 0.6) is 0 Å². The lowest BCUT2D eigenvalue weighted by atomic mass is 10.1. The molecule has 0 aliphatic rings. The van der Waals surface area contributed by atoms with Crippen molar-refractivity contribution in [3.05, 3.63) is 29.8 Å². The molecule has 0 amide bonds. The van der Waals surface area contributed by atoms with Crippen LogP contribution in [-0.4, -0.2) is 28.2 Å². The zero-order chi connectivity index (χ0) is 13.9. The SMILES string of the molecule is NC(=S)Cc1ccc(S(=O)(=O)Nc2nnns2)cc1. The van der Waals surface area contributed by atoms with Crippen LogP contribution < -0.4 is 10.5 Å². The minimum atomic E-state index is -3.67. The molecule has 2 rings (SSSR count). The van der Waals surface area contributed by atoms with Gasteiger partial charge in [0.1, 0.15) is 0 Å². The fourth-order valence-corrected chi connectivity index (χ4v) is 3.09. The topological polar surface area (TPSA) is 111 Å². The third kappa shape index (κ3) is 3.66. The highest BCUT2D eigenvalue weighted by atomic mass is 32.2. The molecule has 0 saturated heterocycles. The Balaban J connectivity index is 2.19. The van der Waals surface area contributed by atoms with E-state index in [0.717, 1.165) is 17.1 Å². The van der Waals surface area contributed by atoms with Gasteiger partial charge < -0.3 is 5.73 Å². The van der Waals surface area contributed by atoms with Crippen molar-refractivity contribution in [1.29, 1.82) is 0 Å². The molecule has 0 bridgehead atoms. The molecular weight excluding hydrogens is 306 g/mol. The highest BCUT2D eigenvalue weighted by molar-refractivity contribution is 7.93. The van der Waals surface area contributed by atoms with Crippen LogP contribution in [0.1, 0.15) is 5.56 Å². The Labute approximate surface area is 119 Å². The molecule has 0 spiro atoms. The summed E-state index contributed by atoms with van der Waals surface area (Å²) in [6, 6.07) is 6.27. The maximum atomic E-state index is 12.0. The Kier molecular flexibility index (Phi) is 4.02. The molecular formula is C9H9N5O2S3. The van der Waals surface area contributed by atoms with Gasteiger partial charge in [0.15, 0.2) is 0 Å². The van der Waals surface area contributed by atoms with E-state index in [-0.39, 0.29) is 10.0 Å². The van der Waals surface area contributed by atoms with E-state index >= 15 is 0 Å². The van der Waals surface area contributed by atoms with Crippen LogP contribution in [0.25, 0.3) is 0 Å². The van der Waals surface area contributed by atoms with Crippen molar-refractivity contribution in [3.63, 3.8) is 0 Å². The standard InChI is InChI=1S/C9H9N5O2S3/c10-8(17)5-6-1-3-7(4-2-6)19(15,16)12-9-11-13-14-18-9/h1-4H,5H2,(H2,10,17)(H,11,12,14). The molecule has 1 aromatic carbocycles. The van der Waals surface area contributed by atoms with Crippen molar-refractivity contribution in [2.75, 3.05) is 4.72 Å². The molecule has 0 radical (unpaired) electrons. The van der Waals surface area contributed by atoms with Crippen LogP contribution in [0, 0.1) is 0 Å². The second-order valence-corrected chi connectivity index (χ2v) is 6.50. The summed E-state index contributed by atoms with van der Waals surface area (Å²) in [5.74, 6) is 0. The molecule has 0 unspecified atom stereocenters. The second-order valence-electron chi connectivity index (χ2n) is 3.56. The number of rotatable bonds is 5. The first-order valence-corrected chi connectivity index (χ1v) is 7.69. The maximum Gasteiger partial charge on any atom is 0.263 e. The van der Waals surface area contributed by atoms with Gasteiger partial charge in [-0.1, -0.05) is 33.9 Å². The third-order valence-electron chi connectivity index (χ3n) is 2.13. The molecule has 100 valence electrons. The number of hydrogen-bond donors (Lipinski definition) is 2. The number of nitrogens with zero attached hydrogens (tertiary/aromatic N) is 3. The predicted molar refractivity (Wildman–Crippen MR) is 75.4 cm³/mol. The summed E-state index contributed by atoms with van der Waals surface area (Å²) >= 11 is 5.65. The first-order valence-electron chi connectivity index (χ1n) is 5.02. The second kappa shape index (κ2) is 5.55. The number of nitrogens with two attached hydrogens (primary N) is 1. The van der Waals surface area contributed by atoms with E-state index in [1.165, 1.54) is 12.1 Å². The summed E-state index contributed by atoms with van der Waals surface area (Å²) in [4.78, 5) is 0.475. The van der Waals surface area contributed by atoms with Gasteiger partial charge >= 0.3 is 0 Å². The van der Waals surface area contributed by atoms with Crippen LogP contribution in [0.3, 0.4) is 0 Å². The molecule has 0 aliphatic carbocycles. The van der Waals surface area contributed by atoms with Crippen molar-refractivity contribution >= 4 is 43.9 Å². The minimum absolute atomic E-state index is 0.118. The van der Waals surface area contributed by atoms with E-state index in [4.69, 9.17) is 18.0 Å². The lowest BCUT2D eigenvalue weighted by Crippen LogP contribution is -2.14. The van der Waals surface area contributed by atoms with Crippen molar-refractivity contribution in [3.8, 4) is 0 Å². The van der Waals surface area contributed by atoms with Gasteiger partial charge in [0.2, 0.25) is 5.13 Å². The zero-order valence-corrected chi connectivity index (χ0v) is 11.9. The van der Waals surface area contributed by atoms with Crippen molar-refractivity contribution in [2.24, 2.45) is 5.73 Å². The lowest BCUT2D eigenvalue weighted by molar-refractivity contribution is 0.601. The summed E-state index contributed by atoms with van der Waals surface area (Å²) in [5.41, 5.74) is 6.27. The highest BCUT2D eigenvalue weighted by Gasteiger charge is 2.15. The van der Waals surface area contributed by atoms with Gasteiger partial charge in [-0.2, -0.15) is 0 Å². The smallest absolute Gasteiger partial charge is 0.263 e. The Hall–Kier alpha value is -1.65. The largest absolute Gasteiger partial charge is 0.393 e. The van der Waals surface area contributed by atoms with E-state index < -0.39 is 10.0 Å². The van der Waals surface area contributed by atoms with Gasteiger partial charge in [0.05, 0.1) is 9.88 Å². The highest BCUT2D eigenvalue weighted by Crippen LogP contribution is 2.16. The quantitative estimate of drug-likeness (QED) is 0.776. The van der Waals surface area contributed by atoms with Gasteiger partial charge in [-0.25, -0.2) is 8.42 Å². The average molecular weight is 315 g/mol. The van der Waals surface area contributed by atoms with Crippen LogP contribution in [0.4, 0.5) is 5.13 Å². The van der Waals surface area contributed by atoms with E-state index in [9.17, 15) is 8.42 Å². The average Bonchev–Trinajstić information content (AvgIpc) is 2.81. The Morgan fingerprint density at radius 1 is 1.37 bits per heavy atom. The first-order chi connectivity index (χ1) is 8.97. The van der Waals surface area contributed by atoms with Gasteiger partial charge in [0.25, 0.3) is 10.0 Å². The minimum Gasteiger partial charge on any atom is -0.393 e. The molecule has 10 heteroatoms. The molecule has 0 fully saturated rings. The number of benzene rings is 1. The predicted octanol–water partition coefficient (Wildman–Crippen LogP) is 0.562. The monoisotopic (exact) mass is 315 g/mol.